The first kappa shape index (κ1) is 23.8. The molecule has 0 aliphatic heterocycles. The van der Waals surface area contributed by atoms with Crippen LogP contribution < -0.4 is 0 Å². The van der Waals surface area contributed by atoms with Crippen LogP contribution in [0.3, 0.4) is 0 Å². The van der Waals surface area contributed by atoms with Crippen molar-refractivity contribution in [2.45, 2.75) is 0 Å². The van der Waals surface area contributed by atoms with E-state index < -0.39 is 15.6 Å². The predicted molar refractivity (Wildman–Crippen MR) is 43.9 cm³/mol. The number of phosphoric acid groups is 2. The van der Waals surface area contributed by atoms with Gasteiger partial charge < -0.3 is 29.4 Å². The normalized spacial score (nSPS) is 9.83. The average molecular weight is 245 g/mol. The molecule has 0 unspecified atom stereocenters. The zero-order valence-corrected chi connectivity index (χ0v) is 6.18. The van der Waals surface area contributed by atoms with Crippen LogP contribution in [0.15, 0.2) is 0 Å². The van der Waals surface area contributed by atoms with Crippen LogP contribution in [0.4, 0.5) is 0 Å². The van der Waals surface area contributed by atoms with Gasteiger partial charge in [0.2, 0.25) is 0 Å². The monoisotopic (exact) mass is 245 g/mol. The number of hydrogen-bond acceptors (Lipinski definition) is 2. The fraction of sp³-hybridized carbons (Fsp3) is 0. The van der Waals surface area contributed by atoms with Crippen molar-refractivity contribution in [2.24, 2.45) is 0 Å². The summed E-state index contributed by atoms with van der Waals surface area (Å²) in [5, 5.41) is 0. The summed E-state index contributed by atoms with van der Waals surface area (Å²) in [5.41, 5.74) is 0. The van der Waals surface area contributed by atoms with E-state index in [4.69, 9.17) is 38.5 Å². The Bertz CT molecular complexity index is 132. The van der Waals surface area contributed by atoms with E-state index in [1.54, 1.807) is 0 Å². The SMILES string of the molecule is O=P(O)(O)O.O=P(O)(O)O.[H+].[NaH].[NaH]. The molecule has 6 N–H and O–H groups in total. The van der Waals surface area contributed by atoms with Crippen molar-refractivity contribution in [1.29, 1.82) is 0 Å². The molecule has 0 fully saturated rings. The Balaban J connectivity index is -0.0000000267. The molecule has 0 atom stereocenters. The van der Waals surface area contributed by atoms with Crippen LogP contribution in [0.25, 0.3) is 0 Å². The van der Waals surface area contributed by atoms with Crippen molar-refractivity contribution in [3.8, 4) is 0 Å². The Morgan fingerprint density at radius 1 is 0.667 bits per heavy atom. The van der Waals surface area contributed by atoms with E-state index >= 15 is 0 Å². The number of hydrogen-bond donors (Lipinski definition) is 6. The van der Waals surface area contributed by atoms with Gasteiger partial charge in [0, 0.05) is 0 Å². The van der Waals surface area contributed by atoms with Gasteiger partial charge >= 0.3 is 76.2 Å². The van der Waals surface area contributed by atoms with Gasteiger partial charge in [-0.2, -0.15) is 0 Å². The van der Waals surface area contributed by atoms with Crippen LogP contribution in [-0.2, 0) is 9.13 Å². The Kier molecular flexibility index (Phi) is 19.4. The summed E-state index contributed by atoms with van der Waals surface area (Å²) < 4.78 is 17.8. The van der Waals surface area contributed by atoms with Crippen molar-refractivity contribution < 1.29 is 39.9 Å². The molecule has 0 aliphatic carbocycles. The molecule has 0 saturated heterocycles. The van der Waals surface area contributed by atoms with Gasteiger partial charge in [-0.05, 0) is 0 Å². The van der Waals surface area contributed by atoms with Gasteiger partial charge in [0.15, 0.2) is 0 Å². The maximum atomic E-state index is 8.88. The predicted octanol–water partition coefficient (Wildman–Crippen LogP) is -3.04. The topological polar surface area (TPSA) is 156 Å². The van der Waals surface area contributed by atoms with Gasteiger partial charge in [-0.25, -0.2) is 9.13 Å². The molecule has 0 rings (SSSR count). The van der Waals surface area contributed by atoms with Crippen molar-refractivity contribution >= 4 is 74.8 Å². The van der Waals surface area contributed by atoms with Crippen LogP contribution in [0.2, 0.25) is 0 Å². The molecule has 0 aromatic carbocycles. The minimum absolute atomic E-state index is 0. The molecule has 0 saturated carbocycles. The maximum absolute atomic E-state index is 8.88. The average Bonchev–Trinajstić information content (AvgIpc) is 1.12. The zero-order chi connectivity index (χ0) is 9.00. The van der Waals surface area contributed by atoms with Crippen molar-refractivity contribution in [3.05, 3.63) is 0 Å². The Morgan fingerprint density at radius 2 is 0.667 bits per heavy atom. The molecule has 8 nitrogen and oxygen atoms in total. The van der Waals surface area contributed by atoms with Crippen LogP contribution in [-0.4, -0.2) is 88.5 Å². The minimum atomic E-state index is -4.64. The third kappa shape index (κ3) is 312. The van der Waals surface area contributed by atoms with Crippen molar-refractivity contribution in [2.75, 3.05) is 0 Å². The molecule has 0 radical (unpaired) electrons. The molecule has 0 spiro atoms. The molecule has 0 heterocycles. The standard InChI is InChI=1S/2Na.2H3O4P.2H/c;;2*1-5(2,3)4;;/h;;2*(H3,1,2,3,4);;/p+1. The van der Waals surface area contributed by atoms with Gasteiger partial charge in [0.1, 0.15) is 0 Å². The van der Waals surface area contributed by atoms with E-state index in [0.717, 1.165) is 0 Å². The van der Waals surface area contributed by atoms with Crippen LogP contribution in [0.5, 0.6) is 0 Å². The first-order chi connectivity index (χ1) is 4.00. The van der Waals surface area contributed by atoms with E-state index in [9.17, 15) is 0 Å². The molecule has 0 aliphatic rings. The van der Waals surface area contributed by atoms with Gasteiger partial charge in [0.05, 0.1) is 0 Å². The van der Waals surface area contributed by atoms with E-state index in [-0.39, 0.29) is 60.5 Å². The van der Waals surface area contributed by atoms with Gasteiger partial charge in [-0.3, -0.25) is 0 Å². The molecular weight excluding hydrogens is 236 g/mol. The first-order valence-corrected chi connectivity index (χ1v) is 4.70. The quantitative estimate of drug-likeness (QED) is 0.194. The third-order valence-corrected chi connectivity index (χ3v) is 0. The van der Waals surface area contributed by atoms with Gasteiger partial charge in [-0.15, -0.1) is 0 Å². The molecule has 68 valence electrons. The first-order valence-electron chi connectivity index (χ1n) is 1.57. The Morgan fingerprint density at radius 3 is 0.667 bits per heavy atom. The van der Waals surface area contributed by atoms with Crippen molar-refractivity contribution in [3.63, 3.8) is 0 Å². The molecular formula is H9Na2O8P2+. The van der Waals surface area contributed by atoms with E-state index in [2.05, 4.69) is 0 Å². The van der Waals surface area contributed by atoms with E-state index in [1.807, 2.05) is 0 Å². The van der Waals surface area contributed by atoms with Gasteiger partial charge in [-0.1, -0.05) is 0 Å². The molecule has 12 heavy (non-hydrogen) atoms. The molecule has 0 bridgehead atoms. The third-order valence-electron chi connectivity index (χ3n) is 0. The molecule has 12 heteroatoms. The van der Waals surface area contributed by atoms with Crippen molar-refractivity contribution in [1.82, 2.24) is 0 Å². The summed E-state index contributed by atoms with van der Waals surface area (Å²) in [6, 6.07) is 0. The van der Waals surface area contributed by atoms with E-state index in [1.165, 1.54) is 0 Å². The fourth-order valence-electron chi connectivity index (χ4n) is 0. The summed E-state index contributed by atoms with van der Waals surface area (Å²) in [7, 11) is -9.28. The molecule has 0 aromatic rings. The van der Waals surface area contributed by atoms with Crippen LogP contribution >= 0.6 is 15.6 Å². The number of rotatable bonds is 0. The summed E-state index contributed by atoms with van der Waals surface area (Å²) in [5.74, 6) is 0. The molecule has 0 amide bonds. The summed E-state index contributed by atoms with van der Waals surface area (Å²) in [4.78, 5) is 43.1. The summed E-state index contributed by atoms with van der Waals surface area (Å²) >= 11 is 0. The van der Waals surface area contributed by atoms with Gasteiger partial charge in [0.25, 0.3) is 0 Å². The second-order valence-electron chi connectivity index (χ2n) is 1.03. The van der Waals surface area contributed by atoms with Crippen LogP contribution in [0.1, 0.15) is 1.43 Å². The summed E-state index contributed by atoms with van der Waals surface area (Å²) in [6.07, 6.45) is 0. The Hall–Kier alpha value is 2.22. The molecule has 0 aromatic heterocycles. The fourth-order valence-corrected chi connectivity index (χ4v) is 0. The van der Waals surface area contributed by atoms with E-state index in [0.29, 0.717) is 0 Å². The second kappa shape index (κ2) is 9.76. The second-order valence-corrected chi connectivity index (χ2v) is 3.08. The Labute approximate surface area is 114 Å². The summed E-state index contributed by atoms with van der Waals surface area (Å²) in [6.45, 7) is 0. The zero-order valence-electron chi connectivity index (χ0n) is 5.39. The van der Waals surface area contributed by atoms with Crippen LogP contribution in [0, 0.1) is 0 Å².